The van der Waals surface area contributed by atoms with Crippen LogP contribution >= 0.6 is 0 Å². The van der Waals surface area contributed by atoms with Crippen molar-refractivity contribution in [2.45, 2.75) is 38.6 Å². The zero-order chi connectivity index (χ0) is 17.8. The maximum absolute atomic E-state index is 4.91. The Kier molecular flexibility index (Phi) is 5.02. The number of imidazole rings is 1. The highest BCUT2D eigenvalue weighted by atomic mass is 15.1. The van der Waals surface area contributed by atoms with Gasteiger partial charge in [0.25, 0.3) is 0 Å². The van der Waals surface area contributed by atoms with Crippen molar-refractivity contribution in [3.05, 3.63) is 66.4 Å². The van der Waals surface area contributed by atoms with Crippen molar-refractivity contribution in [1.82, 2.24) is 29.4 Å². The summed E-state index contributed by atoms with van der Waals surface area (Å²) in [4.78, 5) is 20.4. The molecule has 0 bridgehead atoms. The Bertz CT molecular complexity index is 844. The van der Waals surface area contributed by atoms with Crippen molar-refractivity contribution < 1.29 is 0 Å². The molecule has 6 heteroatoms. The molecule has 0 N–H and O–H groups in total. The van der Waals surface area contributed by atoms with E-state index in [1.165, 1.54) is 12.0 Å². The number of hydrogen-bond donors (Lipinski definition) is 0. The van der Waals surface area contributed by atoms with E-state index >= 15 is 0 Å². The molecule has 1 aliphatic rings. The third kappa shape index (κ3) is 3.65. The largest absolute Gasteiger partial charge is 0.298 e. The third-order valence-corrected chi connectivity index (χ3v) is 5.00. The summed E-state index contributed by atoms with van der Waals surface area (Å²) in [6.45, 7) is 5.22. The molecule has 1 unspecified atom stereocenters. The molecule has 3 aromatic heterocycles. The highest BCUT2D eigenvalue weighted by molar-refractivity contribution is 5.24. The molecule has 0 radical (unpaired) electrons. The average Bonchev–Trinajstić information content (AvgIpc) is 3.18. The van der Waals surface area contributed by atoms with Crippen molar-refractivity contribution in [2.24, 2.45) is 0 Å². The minimum atomic E-state index is 0.423. The lowest BCUT2D eigenvalue weighted by atomic mass is 9.94. The van der Waals surface area contributed by atoms with Crippen LogP contribution < -0.4 is 0 Å². The maximum atomic E-state index is 4.91. The number of rotatable bonds is 5. The van der Waals surface area contributed by atoms with Gasteiger partial charge in [0.2, 0.25) is 0 Å². The van der Waals surface area contributed by atoms with E-state index in [2.05, 4.69) is 38.9 Å². The van der Waals surface area contributed by atoms with E-state index in [1.807, 2.05) is 41.7 Å². The molecule has 4 rings (SSSR count). The van der Waals surface area contributed by atoms with E-state index in [1.54, 1.807) is 0 Å². The predicted molar refractivity (Wildman–Crippen MR) is 100 cm³/mol. The van der Waals surface area contributed by atoms with Crippen LogP contribution in [0.1, 0.15) is 42.8 Å². The average molecular weight is 348 g/mol. The fourth-order valence-electron chi connectivity index (χ4n) is 3.67. The summed E-state index contributed by atoms with van der Waals surface area (Å²) in [5.74, 6) is 2.30. The Hall–Kier alpha value is -2.60. The number of piperidine rings is 1. The van der Waals surface area contributed by atoms with Crippen LogP contribution in [0.3, 0.4) is 0 Å². The second-order valence-electron chi connectivity index (χ2n) is 6.80. The molecule has 0 aromatic carbocycles. The number of pyridine rings is 1. The highest BCUT2D eigenvalue weighted by Gasteiger charge is 2.23. The smallest absolute Gasteiger partial charge is 0.156 e. The topological polar surface area (TPSA) is 59.7 Å². The van der Waals surface area contributed by atoms with Crippen LogP contribution in [0, 0.1) is 0 Å². The van der Waals surface area contributed by atoms with Crippen LogP contribution in [0.25, 0.3) is 5.82 Å². The number of hydrogen-bond acceptors (Lipinski definition) is 5. The summed E-state index contributed by atoms with van der Waals surface area (Å²) in [5, 5.41) is 0. The lowest BCUT2D eigenvalue weighted by Gasteiger charge is -2.32. The van der Waals surface area contributed by atoms with Gasteiger partial charge in [0.05, 0.1) is 11.9 Å². The molecule has 4 heterocycles. The van der Waals surface area contributed by atoms with Gasteiger partial charge in [0, 0.05) is 56.4 Å². The Morgan fingerprint density at radius 3 is 2.85 bits per heavy atom. The normalized spacial score (nSPS) is 18.1. The fourth-order valence-corrected chi connectivity index (χ4v) is 3.67. The summed E-state index contributed by atoms with van der Waals surface area (Å²) in [6.07, 6.45) is 14.5. The van der Waals surface area contributed by atoms with Gasteiger partial charge in [-0.25, -0.2) is 9.97 Å². The van der Waals surface area contributed by atoms with E-state index in [9.17, 15) is 0 Å². The first-order chi connectivity index (χ1) is 12.8. The summed E-state index contributed by atoms with van der Waals surface area (Å²) < 4.78 is 2.04. The van der Waals surface area contributed by atoms with Crippen LogP contribution in [-0.2, 0) is 13.0 Å². The van der Waals surface area contributed by atoms with Gasteiger partial charge < -0.3 is 0 Å². The van der Waals surface area contributed by atoms with Gasteiger partial charge in [-0.15, -0.1) is 0 Å². The van der Waals surface area contributed by atoms with E-state index in [0.29, 0.717) is 5.92 Å². The van der Waals surface area contributed by atoms with Crippen LogP contribution in [0.5, 0.6) is 0 Å². The molecule has 3 aromatic rings. The lowest BCUT2D eigenvalue weighted by molar-refractivity contribution is 0.198. The van der Waals surface area contributed by atoms with Crippen molar-refractivity contribution in [3.8, 4) is 5.82 Å². The molecule has 26 heavy (non-hydrogen) atoms. The fraction of sp³-hybridized carbons (Fsp3) is 0.400. The number of nitrogens with zero attached hydrogens (tertiary/aromatic N) is 6. The highest BCUT2D eigenvalue weighted by Crippen LogP contribution is 2.26. The van der Waals surface area contributed by atoms with Gasteiger partial charge in [0.1, 0.15) is 5.82 Å². The second kappa shape index (κ2) is 7.74. The Balaban J connectivity index is 1.51. The van der Waals surface area contributed by atoms with Gasteiger partial charge in [-0.05, 0) is 37.1 Å². The van der Waals surface area contributed by atoms with E-state index in [0.717, 1.165) is 49.8 Å². The summed E-state index contributed by atoms with van der Waals surface area (Å²) in [6, 6.07) is 4.19. The summed E-state index contributed by atoms with van der Waals surface area (Å²) in [5.41, 5.74) is 2.39. The Labute approximate surface area is 154 Å². The molecule has 1 atom stereocenters. The lowest BCUT2D eigenvalue weighted by Crippen LogP contribution is -2.34. The molecule has 0 amide bonds. The van der Waals surface area contributed by atoms with Crippen LogP contribution in [0.4, 0.5) is 0 Å². The first-order valence-electron chi connectivity index (χ1n) is 9.29. The number of aromatic nitrogens is 5. The molecular formula is C20H24N6. The second-order valence-corrected chi connectivity index (χ2v) is 6.80. The van der Waals surface area contributed by atoms with E-state index < -0.39 is 0 Å². The zero-order valence-corrected chi connectivity index (χ0v) is 15.1. The monoisotopic (exact) mass is 348 g/mol. The molecule has 0 aliphatic carbocycles. The van der Waals surface area contributed by atoms with E-state index in [-0.39, 0.29) is 0 Å². The SMILES string of the molecule is CCc1nccn1-c1cncc(C2CCCN(Cc3ccncc3)C2)n1. The summed E-state index contributed by atoms with van der Waals surface area (Å²) in [7, 11) is 0. The molecule has 1 aliphatic heterocycles. The molecule has 1 saturated heterocycles. The molecule has 6 nitrogen and oxygen atoms in total. The first kappa shape index (κ1) is 16.8. The van der Waals surface area contributed by atoms with E-state index in [4.69, 9.17) is 4.98 Å². The predicted octanol–water partition coefficient (Wildman–Crippen LogP) is 3.00. The van der Waals surface area contributed by atoms with Gasteiger partial charge in [-0.3, -0.25) is 19.4 Å². The van der Waals surface area contributed by atoms with Gasteiger partial charge >= 0.3 is 0 Å². The molecule has 0 spiro atoms. The standard InChI is InChI=1S/C20H24N6/c1-2-19-23-9-11-26(19)20-13-22-12-18(24-20)17-4-3-10-25(15-17)14-16-5-7-21-8-6-16/h5-9,11-13,17H,2-4,10,14-15H2,1H3. The molecule has 1 fully saturated rings. The van der Waals surface area contributed by atoms with Crippen LogP contribution in [0.15, 0.2) is 49.3 Å². The van der Waals surface area contributed by atoms with Gasteiger partial charge in [-0.2, -0.15) is 0 Å². The molecule has 0 saturated carbocycles. The van der Waals surface area contributed by atoms with Crippen molar-refractivity contribution in [1.29, 1.82) is 0 Å². The summed E-state index contributed by atoms with van der Waals surface area (Å²) >= 11 is 0. The third-order valence-electron chi connectivity index (χ3n) is 5.00. The zero-order valence-electron chi connectivity index (χ0n) is 15.1. The van der Waals surface area contributed by atoms with Crippen molar-refractivity contribution in [2.75, 3.05) is 13.1 Å². The molecule has 134 valence electrons. The van der Waals surface area contributed by atoms with Crippen LogP contribution in [-0.4, -0.2) is 42.5 Å². The Morgan fingerprint density at radius 2 is 2.00 bits per heavy atom. The number of likely N-dealkylation sites (tertiary alicyclic amines) is 1. The maximum Gasteiger partial charge on any atom is 0.156 e. The first-order valence-corrected chi connectivity index (χ1v) is 9.29. The van der Waals surface area contributed by atoms with Crippen molar-refractivity contribution in [3.63, 3.8) is 0 Å². The molecular weight excluding hydrogens is 324 g/mol. The number of aryl methyl sites for hydroxylation is 1. The van der Waals surface area contributed by atoms with Crippen molar-refractivity contribution >= 4 is 0 Å². The Morgan fingerprint density at radius 1 is 1.12 bits per heavy atom. The van der Waals surface area contributed by atoms with Gasteiger partial charge in [-0.1, -0.05) is 6.92 Å². The van der Waals surface area contributed by atoms with Gasteiger partial charge in [0.15, 0.2) is 5.82 Å². The minimum absolute atomic E-state index is 0.423. The van der Waals surface area contributed by atoms with Crippen LogP contribution in [0.2, 0.25) is 0 Å². The quantitative estimate of drug-likeness (QED) is 0.709. The minimum Gasteiger partial charge on any atom is -0.298 e.